The van der Waals surface area contributed by atoms with Crippen LogP contribution in [0.1, 0.15) is 19.0 Å². The third kappa shape index (κ3) is 4.55. The fraction of sp³-hybridized carbons (Fsp3) is 0.667. The van der Waals surface area contributed by atoms with Gasteiger partial charge in [0.2, 0.25) is 5.91 Å². The highest BCUT2D eigenvalue weighted by Crippen LogP contribution is 1.93. The Morgan fingerprint density at radius 3 is 3.07 bits per heavy atom. The molecule has 6 heteroatoms. The van der Waals surface area contributed by atoms with Crippen molar-refractivity contribution < 1.29 is 4.79 Å². The van der Waals surface area contributed by atoms with Gasteiger partial charge in [0.05, 0.1) is 12.7 Å². The van der Waals surface area contributed by atoms with Crippen molar-refractivity contribution in [2.75, 3.05) is 13.6 Å². The second-order valence-electron chi connectivity index (χ2n) is 3.34. The number of aryl methyl sites for hydroxylation is 1. The minimum absolute atomic E-state index is 0.0558. The average molecular weight is 211 g/mol. The number of hydrogen-bond acceptors (Lipinski definition) is 4. The van der Waals surface area contributed by atoms with Gasteiger partial charge in [0, 0.05) is 13.5 Å². The molecule has 0 atom stereocenters. The Balaban J connectivity index is 2.32. The summed E-state index contributed by atoms with van der Waals surface area (Å²) in [6.07, 6.45) is 2.87. The fourth-order valence-corrected chi connectivity index (χ4v) is 1.16. The molecule has 1 heterocycles. The van der Waals surface area contributed by atoms with E-state index in [-0.39, 0.29) is 5.91 Å². The smallest absolute Gasteiger partial charge is 0.217 e. The number of nitrogens with zero attached hydrogens (tertiary/aromatic N) is 3. The lowest BCUT2D eigenvalue weighted by atomic mass is 10.4. The van der Waals surface area contributed by atoms with Crippen molar-refractivity contribution in [3.05, 3.63) is 11.9 Å². The van der Waals surface area contributed by atoms with Crippen LogP contribution in [0.15, 0.2) is 6.20 Å². The highest BCUT2D eigenvalue weighted by atomic mass is 16.1. The molecule has 6 nitrogen and oxygen atoms in total. The summed E-state index contributed by atoms with van der Waals surface area (Å²) in [6, 6.07) is 0. The van der Waals surface area contributed by atoms with Crippen molar-refractivity contribution in [1.82, 2.24) is 25.6 Å². The number of aromatic nitrogens is 3. The van der Waals surface area contributed by atoms with Gasteiger partial charge in [-0.3, -0.25) is 9.48 Å². The Morgan fingerprint density at radius 1 is 1.60 bits per heavy atom. The van der Waals surface area contributed by atoms with Crippen molar-refractivity contribution in [3.8, 4) is 0 Å². The third-order valence-corrected chi connectivity index (χ3v) is 1.92. The maximum Gasteiger partial charge on any atom is 0.217 e. The maximum absolute atomic E-state index is 10.7. The molecule has 0 unspecified atom stereocenters. The Labute approximate surface area is 89.0 Å². The van der Waals surface area contributed by atoms with E-state index in [1.54, 1.807) is 4.68 Å². The minimum atomic E-state index is -0.0558. The van der Waals surface area contributed by atoms with Gasteiger partial charge in [-0.25, -0.2) is 0 Å². The first-order valence-electron chi connectivity index (χ1n) is 5.00. The van der Waals surface area contributed by atoms with Crippen molar-refractivity contribution in [3.63, 3.8) is 0 Å². The third-order valence-electron chi connectivity index (χ3n) is 1.92. The molecular weight excluding hydrogens is 194 g/mol. The van der Waals surface area contributed by atoms with E-state index >= 15 is 0 Å². The van der Waals surface area contributed by atoms with Crippen LogP contribution in [-0.2, 0) is 17.9 Å². The SMILES string of the molecule is CNCCCn1cc(CNC(C)=O)nn1. The molecule has 1 aromatic heterocycles. The molecule has 0 saturated heterocycles. The number of hydrogen-bond donors (Lipinski definition) is 2. The van der Waals surface area contributed by atoms with Crippen molar-refractivity contribution in [2.24, 2.45) is 0 Å². The van der Waals surface area contributed by atoms with Gasteiger partial charge < -0.3 is 10.6 Å². The standard InChI is InChI=1S/C9H17N5O/c1-8(15)11-6-9-7-14(13-12-9)5-3-4-10-2/h7,10H,3-6H2,1-2H3,(H,11,15). The molecule has 15 heavy (non-hydrogen) atoms. The van der Waals surface area contributed by atoms with Gasteiger partial charge in [0.15, 0.2) is 0 Å². The van der Waals surface area contributed by atoms with Crippen molar-refractivity contribution in [2.45, 2.75) is 26.4 Å². The molecule has 0 aliphatic carbocycles. The molecule has 0 aromatic carbocycles. The highest BCUT2D eigenvalue weighted by molar-refractivity contribution is 5.72. The quantitative estimate of drug-likeness (QED) is 0.624. The summed E-state index contributed by atoms with van der Waals surface area (Å²) in [5, 5.41) is 13.6. The molecule has 84 valence electrons. The van der Waals surface area contributed by atoms with E-state index in [1.807, 2.05) is 13.2 Å². The van der Waals surface area contributed by atoms with Crippen LogP contribution in [0.25, 0.3) is 0 Å². The first-order valence-corrected chi connectivity index (χ1v) is 5.00. The number of nitrogens with one attached hydrogen (secondary N) is 2. The largest absolute Gasteiger partial charge is 0.351 e. The minimum Gasteiger partial charge on any atom is -0.351 e. The summed E-state index contributed by atoms with van der Waals surface area (Å²) >= 11 is 0. The van der Waals surface area contributed by atoms with E-state index in [4.69, 9.17) is 0 Å². The van der Waals surface area contributed by atoms with Crippen LogP contribution in [0.4, 0.5) is 0 Å². The highest BCUT2D eigenvalue weighted by Gasteiger charge is 2.00. The van der Waals surface area contributed by atoms with Crippen LogP contribution in [-0.4, -0.2) is 34.5 Å². The second-order valence-corrected chi connectivity index (χ2v) is 3.34. The molecule has 0 radical (unpaired) electrons. The van der Waals surface area contributed by atoms with E-state index < -0.39 is 0 Å². The molecule has 0 aliphatic rings. The Morgan fingerprint density at radius 2 is 2.40 bits per heavy atom. The molecule has 1 aromatic rings. The van der Waals surface area contributed by atoms with Crippen LogP contribution in [0.5, 0.6) is 0 Å². The predicted molar refractivity (Wildman–Crippen MR) is 56.1 cm³/mol. The lowest BCUT2D eigenvalue weighted by molar-refractivity contribution is -0.119. The molecular formula is C9H17N5O. The van der Waals surface area contributed by atoms with E-state index in [0.717, 1.165) is 25.2 Å². The van der Waals surface area contributed by atoms with Gasteiger partial charge in [-0.15, -0.1) is 5.10 Å². The average Bonchev–Trinajstić information content (AvgIpc) is 2.63. The van der Waals surface area contributed by atoms with E-state index in [1.165, 1.54) is 6.92 Å². The van der Waals surface area contributed by atoms with Gasteiger partial charge in [-0.2, -0.15) is 0 Å². The molecule has 2 N–H and O–H groups in total. The molecule has 0 aliphatic heterocycles. The molecule has 0 spiro atoms. The summed E-state index contributed by atoms with van der Waals surface area (Å²) in [4.78, 5) is 10.7. The van der Waals surface area contributed by atoms with Gasteiger partial charge in [0.25, 0.3) is 0 Å². The Hall–Kier alpha value is -1.43. The monoisotopic (exact) mass is 211 g/mol. The number of carbonyl (C=O) groups excluding carboxylic acids is 1. The van der Waals surface area contributed by atoms with Gasteiger partial charge in [0.1, 0.15) is 5.69 Å². The van der Waals surface area contributed by atoms with Crippen molar-refractivity contribution in [1.29, 1.82) is 0 Å². The summed E-state index contributed by atoms with van der Waals surface area (Å²) in [5.74, 6) is -0.0558. The zero-order valence-corrected chi connectivity index (χ0v) is 9.16. The van der Waals surface area contributed by atoms with Gasteiger partial charge in [-0.1, -0.05) is 5.21 Å². The zero-order valence-electron chi connectivity index (χ0n) is 9.16. The number of rotatable bonds is 6. The summed E-state index contributed by atoms with van der Waals surface area (Å²) < 4.78 is 1.79. The van der Waals surface area contributed by atoms with Crippen LogP contribution >= 0.6 is 0 Å². The van der Waals surface area contributed by atoms with E-state index in [2.05, 4.69) is 20.9 Å². The van der Waals surface area contributed by atoms with Gasteiger partial charge >= 0.3 is 0 Å². The summed E-state index contributed by atoms with van der Waals surface area (Å²) in [6.45, 7) is 3.73. The fourth-order valence-electron chi connectivity index (χ4n) is 1.16. The van der Waals surface area contributed by atoms with Crippen LogP contribution in [0, 0.1) is 0 Å². The molecule has 1 amide bonds. The van der Waals surface area contributed by atoms with Gasteiger partial charge in [-0.05, 0) is 20.0 Å². The maximum atomic E-state index is 10.7. The van der Waals surface area contributed by atoms with Crippen LogP contribution < -0.4 is 10.6 Å². The first-order chi connectivity index (χ1) is 7.22. The lowest BCUT2D eigenvalue weighted by Crippen LogP contribution is -2.19. The van der Waals surface area contributed by atoms with E-state index in [9.17, 15) is 4.79 Å². The normalized spacial score (nSPS) is 10.3. The lowest BCUT2D eigenvalue weighted by Gasteiger charge is -1.99. The molecule has 1 rings (SSSR count). The molecule has 0 bridgehead atoms. The number of carbonyl (C=O) groups is 1. The zero-order chi connectivity index (χ0) is 11.1. The van der Waals surface area contributed by atoms with Crippen LogP contribution in [0.2, 0.25) is 0 Å². The molecule has 0 saturated carbocycles. The Bertz CT molecular complexity index is 309. The van der Waals surface area contributed by atoms with Crippen LogP contribution in [0.3, 0.4) is 0 Å². The summed E-state index contributed by atoms with van der Waals surface area (Å²) in [7, 11) is 1.92. The Kier molecular flexibility index (Phi) is 4.76. The molecule has 0 fully saturated rings. The predicted octanol–water partition coefficient (Wildman–Crippen LogP) is -0.476. The second kappa shape index (κ2) is 6.13. The first kappa shape index (κ1) is 11.6. The van der Waals surface area contributed by atoms with E-state index in [0.29, 0.717) is 6.54 Å². The number of amides is 1. The van der Waals surface area contributed by atoms with Crippen molar-refractivity contribution >= 4 is 5.91 Å². The topological polar surface area (TPSA) is 71.8 Å². The summed E-state index contributed by atoms with van der Waals surface area (Å²) in [5.41, 5.74) is 0.787.